The highest BCUT2D eigenvalue weighted by Gasteiger charge is 2.06. The van der Waals surface area contributed by atoms with Crippen LogP contribution in [0.5, 0.6) is 0 Å². The van der Waals surface area contributed by atoms with Crippen molar-refractivity contribution in [2.24, 2.45) is 0 Å². The molecule has 0 spiro atoms. The maximum Gasteiger partial charge on any atom is 0.328 e. The molecule has 0 aromatic carbocycles. The average molecular weight is 182 g/mol. The van der Waals surface area contributed by atoms with Gasteiger partial charge in [-0.05, 0) is 19.1 Å². The van der Waals surface area contributed by atoms with E-state index in [1.54, 1.807) is 19.1 Å². The third kappa shape index (κ3) is 2.45. The highest BCUT2D eigenvalue weighted by molar-refractivity contribution is 5.89. The molecule has 0 amide bonds. The van der Waals surface area contributed by atoms with Crippen molar-refractivity contribution < 1.29 is 19.4 Å². The van der Waals surface area contributed by atoms with E-state index in [-0.39, 0.29) is 12.2 Å². The first-order valence-corrected chi connectivity index (χ1v) is 3.74. The molecule has 0 aliphatic carbocycles. The highest BCUT2D eigenvalue weighted by Crippen LogP contribution is 2.16. The number of aliphatic carboxylic acids is 1. The summed E-state index contributed by atoms with van der Waals surface area (Å²) in [6, 6.07) is 3.33. The molecule has 0 fully saturated rings. The Balaban J connectivity index is 2.97. The van der Waals surface area contributed by atoms with E-state index in [9.17, 15) is 4.79 Å². The van der Waals surface area contributed by atoms with E-state index in [0.717, 1.165) is 6.08 Å². The summed E-state index contributed by atoms with van der Waals surface area (Å²) in [5.41, 5.74) is 0.264. The van der Waals surface area contributed by atoms with Crippen molar-refractivity contribution in [1.82, 2.24) is 0 Å². The summed E-state index contributed by atoms with van der Waals surface area (Å²) in [6.45, 7) is 1.40. The third-order valence-corrected chi connectivity index (χ3v) is 1.52. The van der Waals surface area contributed by atoms with E-state index in [0.29, 0.717) is 11.5 Å². The zero-order valence-corrected chi connectivity index (χ0v) is 7.15. The Labute approximate surface area is 75.1 Å². The van der Waals surface area contributed by atoms with Gasteiger partial charge in [-0.2, -0.15) is 0 Å². The van der Waals surface area contributed by atoms with Gasteiger partial charge in [-0.3, -0.25) is 0 Å². The molecule has 4 heteroatoms. The fraction of sp³-hybridized carbons (Fsp3) is 0.222. The van der Waals surface area contributed by atoms with Gasteiger partial charge in [-0.25, -0.2) is 4.79 Å². The van der Waals surface area contributed by atoms with E-state index in [2.05, 4.69) is 0 Å². The minimum absolute atomic E-state index is 0.264. The SMILES string of the molecule is Cc1ccc(/C(=C/C(=O)O)CO)o1. The molecular formula is C9H10O4. The van der Waals surface area contributed by atoms with Crippen LogP contribution in [-0.4, -0.2) is 22.8 Å². The van der Waals surface area contributed by atoms with Gasteiger partial charge in [0.25, 0.3) is 0 Å². The monoisotopic (exact) mass is 182 g/mol. The van der Waals surface area contributed by atoms with Crippen LogP contribution in [0.15, 0.2) is 22.6 Å². The van der Waals surface area contributed by atoms with Crippen LogP contribution in [0, 0.1) is 6.92 Å². The molecule has 13 heavy (non-hydrogen) atoms. The fourth-order valence-electron chi connectivity index (χ4n) is 0.951. The lowest BCUT2D eigenvalue weighted by Gasteiger charge is -1.96. The molecule has 70 valence electrons. The average Bonchev–Trinajstić information content (AvgIpc) is 2.47. The molecule has 0 atom stereocenters. The lowest BCUT2D eigenvalue weighted by molar-refractivity contribution is -0.131. The predicted molar refractivity (Wildman–Crippen MR) is 46.1 cm³/mol. The molecule has 4 nitrogen and oxygen atoms in total. The summed E-state index contributed by atoms with van der Waals surface area (Å²) in [4.78, 5) is 10.3. The minimum Gasteiger partial charge on any atom is -0.478 e. The van der Waals surface area contributed by atoms with Gasteiger partial charge in [0, 0.05) is 11.6 Å². The second kappa shape index (κ2) is 3.91. The summed E-state index contributed by atoms with van der Waals surface area (Å²) in [5, 5.41) is 17.3. The standard InChI is InChI=1S/C9H10O4/c1-6-2-3-8(13-6)7(5-10)4-9(11)12/h2-4,10H,5H2,1H3,(H,11,12)/b7-4+. The number of rotatable bonds is 3. The maximum atomic E-state index is 10.3. The topological polar surface area (TPSA) is 70.7 Å². The van der Waals surface area contributed by atoms with E-state index in [4.69, 9.17) is 14.6 Å². The van der Waals surface area contributed by atoms with Crippen molar-refractivity contribution >= 4 is 11.5 Å². The Morgan fingerprint density at radius 3 is 2.69 bits per heavy atom. The molecule has 1 aromatic rings. The highest BCUT2D eigenvalue weighted by atomic mass is 16.4. The fourth-order valence-corrected chi connectivity index (χ4v) is 0.951. The van der Waals surface area contributed by atoms with Crippen molar-refractivity contribution in [3.63, 3.8) is 0 Å². The normalized spacial score (nSPS) is 11.7. The zero-order valence-electron chi connectivity index (χ0n) is 7.15. The van der Waals surface area contributed by atoms with E-state index < -0.39 is 5.97 Å². The number of furan rings is 1. The summed E-state index contributed by atoms with van der Waals surface area (Å²) in [7, 11) is 0. The Kier molecular flexibility index (Phi) is 2.87. The lowest BCUT2D eigenvalue weighted by Crippen LogP contribution is -1.95. The molecule has 1 aromatic heterocycles. The molecule has 0 radical (unpaired) electrons. The first-order chi connectivity index (χ1) is 6.13. The number of hydrogen-bond acceptors (Lipinski definition) is 3. The molecule has 1 rings (SSSR count). The van der Waals surface area contributed by atoms with Crippen LogP contribution in [-0.2, 0) is 4.79 Å². The van der Waals surface area contributed by atoms with Crippen LogP contribution in [0.3, 0.4) is 0 Å². The summed E-state index contributed by atoms with van der Waals surface area (Å²) in [5.74, 6) is -0.0276. The number of carboxylic acid groups (broad SMARTS) is 1. The van der Waals surface area contributed by atoms with Gasteiger partial charge in [0.1, 0.15) is 11.5 Å². The number of hydrogen-bond donors (Lipinski definition) is 2. The van der Waals surface area contributed by atoms with Gasteiger partial charge in [-0.1, -0.05) is 0 Å². The number of aryl methyl sites for hydroxylation is 1. The number of carbonyl (C=O) groups is 1. The number of aliphatic hydroxyl groups is 1. The molecule has 0 unspecified atom stereocenters. The van der Waals surface area contributed by atoms with Gasteiger partial charge in [-0.15, -0.1) is 0 Å². The van der Waals surface area contributed by atoms with Crippen LogP contribution in [0.25, 0.3) is 5.57 Å². The molecule has 0 bridgehead atoms. The Morgan fingerprint density at radius 2 is 2.31 bits per heavy atom. The second-order valence-corrected chi connectivity index (χ2v) is 2.58. The van der Waals surface area contributed by atoms with Crippen LogP contribution >= 0.6 is 0 Å². The van der Waals surface area contributed by atoms with E-state index in [1.165, 1.54) is 0 Å². The summed E-state index contributed by atoms with van der Waals surface area (Å²) < 4.78 is 5.15. The maximum absolute atomic E-state index is 10.3. The molecule has 0 saturated carbocycles. The van der Waals surface area contributed by atoms with Gasteiger partial charge in [0.15, 0.2) is 0 Å². The van der Waals surface area contributed by atoms with Crippen LogP contribution in [0.4, 0.5) is 0 Å². The van der Waals surface area contributed by atoms with Gasteiger partial charge in [0.2, 0.25) is 0 Å². The lowest BCUT2D eigenvalue weighted by atomic mass is 10.2. The summed E-state index contributed by atoms with van der Waals surface area (Å²) >= 11 is 0. The van der Waals surface area contributed by atoms with Crippen LogP contribution < -0.4 is 0 Å². The quantitative estimate of drug-likeness (QED) is 0.685. The van der Waals surface area contributed by atoms with Crippen molar-refractivity contribution in [3.8, 4) is 0 Å². The Morgan fingerprint density at radius 1 is 1.62 bits per heavy atom. The van der Waals surface area contributed by atoms with E-state index >= 15 is 0 Å². The third-order valence-electron chi connectivity index (χ3n) is 1.52. The van der Waals surface area contributed by atoms with Gasteiger partial charge >= 0.3 is 5.97 Å². The minimum atomic E-state index is -1.10. The van der Waals surface area contributed by atoms with Crippen molar-refractivity contribution in [2.75, 3.05) is 6.61 Å². The molecule has 1 heterocycles. The smallest absolute Gasteiger partial charge is 0.328 e. The molecule has 0 aliphatic rings. The molecule has 2 N–H and O–H groups in total. The first-order valence-electron chi connectivity index (χ1n) is 3.74. The summed E-state index contributed by atoms with van der Waals surface area (Å²) in [6.07, 6.45) is 0.929. The second-order valence-electron chi connectivity index (χ2n) is 2.58. The predicted octanol–water partition coefficient (Wildman–Crippen LogP) is 1.05. The van der Waals surface area contributed by atoms with Crippen molar-refractivity contribution in [1.29, 1.82) is 0 Å². The zero-order chi connectivity index (χ0) is 9.84. The van der Waals surface area contributed by atoms with Gasteiger partial charge < -0.3 is 14.6 Å². The van der Waals surface area contributed by atoms with Crippen molar-refractivity contribution in [3.05, 3.63) is 29.7 Å². The molecular weight excluding hydrogens is 172 g/mol. The molecule has 0 saturated heterocycles. The largest absolute Gasteiger partial charge is 0.478 e. The van der Waals surface area contributed by atoms with Crippen LogP contribution in [0.1, 0.15) is 11.5 Å². The van der Waals surface area contributed by atoms with Crippen LogP contribution in [0.2, 0.25) is 0 Å². The molecule has 0 aliphatic heterocycles. The Bertz CT molecular complexity index is 335. The Hall–Kier alpha value is -1.55. The number of aliphatic hydroxyl groups excluding tert-OH is 1. The first kappa shape index (κ1) is 9.54. The van der Waals surface area contributed by atoms with E-state index in [1.807, 2.05) is 0 Å². The van der Waals surface area contributed by atoms with Gasteiger partial charge in [0.05, 0.1) is 6.61 Å². The van der Waals surface area contributed by atoms with Crippen molar-refractivity contribution in [2.45, 2.75) is 6.92 Å². The number of carboxylic acids is 1.